The monoisotopic (exact) mass is 492 g/mol. The van der Waals surface area contributed by atoms with Crippen LogP contribution in [0.15, 0.2) is 101 Å². The van der Waals surface area contributed by atoms with Crippen LogP contribution in [0.2, 0.25) is 6.04 Å². The molecule has 1 atom stereocenters. The van der Waals surface area contributed by atoms with E-state index in [9.17, 15) is 0 Å². The van der Waals surface area contributed by atoms with Gasteiger partial charge in [-0.2, -0.15) is 0 Å². The summed E-state index contributed by atoms with van der Waals surface area (Å²) in [7, 11) is -0.206. The highest BCUT2D eigenvalue weighted by Gasteiger charge is 2.41. The number of halogens is 1. The Balaban J connectivity index is 1.56. The largest absolute Gasteiger partial charge is 0.381 e. The summed E-state index contributed by atoms with van der Waals surface area (Å²) in [5, 5.41) is 2.91. The molecule has 0 saturated heterocycles. The van der Waals surface area contributed by atoms with Gasteiger partial charge in [0.05, 0.1) is 19.3 Å². The first-order valence-corrected chi connectivity index (χ1v) is 13.9. The third kappa shape index (κ3) is 5.44. The van der Waals surface area contributed by atoms with Crippen molar-refractivity contribution in [1.29, 1.82) is 0 Å². The average molecular weight is 494 g/mol. The van der Waals surface area contributed by atoms with Crippen LogP contribution in [0.1, 0.15) is 18.4 Å². The van der Waals surface area contributed by atoms with E-state index < -0.39 is 8.07 Å². The number of rotatable bonds is 8. The van der Waals surface area contributed by atoms with Crippen LogP contribution in [0.25, 0.3) is 0 Å². The highest BCUT2D eigenvalue weighted by molar-refractivity contribution is 9.10. The predicted octanol–water partition coefficient (Wildman–Crippen LogP) is 5.50. The van der Waals surface area contributed by atoms with Crippen molar-refractivity contribution in [3.63, 3.8) is 0 Å². The second-order valence-corrected chi connectivity index (χ2v) is 12.9. The maximum atomic E-state index is 6.03. The van der Waals surface area contributed by atoms with Crippen LogP contribution in [0.3, 0.4) is 0 Å². The van der Waals surface area contributed by atoms with E-state index in [2.05, 4.69) is 107 Å². The second kappa shape index (κ2) is 10.6. The van der Waals surface area contributed by atoms with Crippen molar-refractivity contribution in [2.24, 2.45) is 0 Å². The minimum Gasteiger partial charge on any atom is -0.381 e. The van der Waals surface area contributed by atoms with Gasteiger partial charge in [0.15, 0.2) is 0 Å². The Bertz CT molecular complexity index is 947. The highest BCUT2D eigenvalue weighted by Crippen LogP contribution is 2.30. The molecule has 0 bridgehead atoms. The van der Waals surface area contributed by atoms with Crippen molar-refractivity contribution < 1.29 is 9.47 Å². The molecule has 3 aromatic carbocycles. The minimum atomic E-state index is -2.06. The lowest BCUT2D eigenvalue weighted by Crippen LogP contribution is -2.60. The summed E-state index contributed by atoms with van der Waals surface area (Å²) in [6.07, 6.45) is 2.19. The van der Waals surface area contributed by atoms with E-state index in [1.165, 1.54) is 21.5 Å². The van der Waals surface area contributed by atoms with E-state index in [-0.39, 0.29) is 6.10 Å². The van der Waals surface area contributed by atoms with Gasteiger partial charge in [-0.05, 0) is 47.0 Å². The second-order valence-electron chi connectivity index (χ2n) is 8.20. The van der Waals surface area contributed by atoms with Gasteiger partial charge in [0.25, 0.3) is 0 Å². The van der Waals surface area contributed by atoms with Crippen LogP contribution in [0, 0.1) is 0 Å². The molecule has 0 aromatic heterocycles. The molecule has 0 saturated carbocycles. The molecular weight excluding hydrogens is 464 g/mol. The smallest absolute Gasteiger partial charge is 0.143 e. The number of benzene rings is 3. The standard InChI is InChI=1S/C27H29BrO2Si/c1-29-25-18-23(16-17-30-19-22-12-14-24(28)15-13-22)20-31(21-25,26-8-4-2-5-9-26)27-10-6-3-7-11-27/h2-15,20,25H,16-19,21H2,1H3. The molecular formula is C27H29BrO2Si. The zero-order valence-electron chi connectivity index (χ0n) is 18.0. The van der Waals surface area contributed by atoms with Crippen LogP contribution < -0.4 is 10.4 Å². The minimum absolute atomic E-state index is 0.249. The van der Waals surface area contributed by atoms with Gasteiger partial charge in [0, 0.05) is 11.6 Å². The summed E-state index contributed by atoms with van der Waals surface area (Å²) in [5.41, 5.74) is 5.29. The molecule has 0 radical (unpaired) electrons. The Labute approximate surface area is 195 Å². The summed E-state index contributed by atoms with van der Waals surface area (Å²) < 4.78 is 13.1. The molecule has 31 heavy (non-hydrogen) atoms. The molecule has 3 aromatic rings. The molecule has 0 aliphatic carbocycles. The molecule has 4 rings (SSSR count). The van der Waals surface area contributed by atoms with Gasteiger partial charge in [-0.25, -0.2) is 0 Å². The van der Waals surface area contributed by atoms with Crippen LogP contribution >= 0.6 is 15.9 Å². The van der Waals surface area contributed by atoms with Gasteiger partial charge in [-0.15, -0.1) is 0 Å². The molecule has 1 aliphatic heterocycles. The molecule has 4 heteroatoms. The van der Waals surface area contributed by atoms with E-state index in [1.54, 1.807) is 0 Å². The summed E-state index contributed by atoms with van der Waals surface area (Å²) in [4.78, 5) is 0. The Kier molecular flexibility index (Phi) is 7.57. The van der Waals surface area contributed by atoms with E-state index in [1.807, 2.05) is 7.11 Å². The van der Waals surface area contributed by atoms with Crippen LogP contribution in [0.5, 0.6) is 0 Å². The topological polar surface area (TPSA) is 18.5 Å². The third-order valence-corrected chi connectivity index (χ3v) is 11.4. The molecule has 0 spiro atoms. The Hall–Kier alpha value is -1.98. The molecule has 2 nitrogen and oxygen atoms in total. The molecule has 160 valence electrons. The van der Waals surface area contributed by atoms with Gasteiger partial charge in [0.1, 0.15) is 8.07 Å². The molecule has 0 fully saturated rings. The van der Waals surface area contributed by atoms with Crippen molar-refractivity contribution in [2.75, 3.05) is 13.7 Å². The zero-order chi connectivity index (χ0) is 21.5. The lowest BCUT2D eigenvalue weighted by molar-refractivity contribution is 0.106. The van der Waals surface area contributed by atoms with Gasteiger partial charge >= 0.3 is 0 Å². The third-order valence-electron chi connectivity index (χ3n) is 6.15. The van der Waals surface area contributed by atoms with Gasteiger partial charge in [-0.1, -0.05) is 100.0 Å². The SMILES string of the molecule is COC1CC(CCOCc2ccc(Br)cc2)=C[Si](c2ccccc2)(c2ccccc2)C1. The fourth-order valence-corrected chi connectivity index (χ4v) is 9.63. The first-order chi connectivity index (χ1) is 15.2. The van der Waals surface area contributed by atoms with E-state index in [0.29, 0.717) is 6.61 Å². The predicted molar refractivity (Wildman–Crippen MR) is 135 cm³/mol. The summed E-state index contributed by atoms with van der Waals surface area (Å²) in [6.45, 7) is 1.38. The average Bonchev–Trinajstić information content (AvgIpc) is 2.84. The van der Waals surface area contributed by atoms with Crippen molar-refractivity contribution in [2.45, 2.75) is 31.6 Å². The van der Waals surface area contributed by atoms with Crippen molar-refractivity contribution in [3.05, 3.63) is 106 Å². The summed E-state index contributed by atoms with van der Waals surface area (Å²) in [6, 6.07) is 31.5. The maximum absolute atomic E-state index is 6.03. The van der Waals surface area contributed by atoms with Crippen molar-refractivity contribution >= 4 is 34.4 Å². The van der Waals surface area contributed by atoms with Crippen LogP contribution in [0.4, 0.5) is 0 Å². The Morgan fingerprint density at radius 3 is 2.06 bits per heavy atom. The summed E-state index contributed by atoms with van der Waals surface area (Å²) in [5.74, 6) is 0. The fraction of sp³-hybridized carbons (Fsp3) is 0.259. The highest BCUT2D eigenvalue weighted by atomic mass is 79.9. The van der Waals surface area contributed by atoms with E-state index >= 15 is 0 Å². The molecule has 0 amide bonds. The van der Waals surface area contributed by atoms with Gasteiger partial charge in [-0.3, -0.25) is 0 Å². The molecule has 1 unspecified atom stereocenters. The Morgan fingerprint density at radius 2 is 1.48 bits per heavy atom. The first-order valence-electron chi connectivity index (χ1n) is 10.9. The van der Waals surface area contributed by atoms with Gasteiger partial charge in [0.2, 0.25) is 0 Å². The Morgan fingerprint density at radius 1 is 0.871 bits per heavy atom. The maximum Gasteiger partial charge on any atom is 0.143 e. The lowest BCUT2D eigenvalue weighted by atomic mass is 10.1. The molecule has 1 aliphatic rings. The van der Waals surface area contributed by atoms with Crippen molar-refractivity contribution in [1.82, 2.24) is 0 Å². The number of hydrogen-bond donors (Lipinski definition) is 0. The van der Waals surface area contributed by atoms with Gasteiger partial charge < -0.3 is 9.47 Å². The van der Waals surface area contributed by atoms with E-state index in [0.717, 1.165) is 30.0 Å². The normalized spacial score (nSPS) is 17.9. The van der Waals surface area contributed by atoms with Crippen LogP contribution in [-0.2, 0) is 16.1 Å². The number of hydrogen-bond acceptors (Lipinski definition) is 2. The fourth-order valence-electron chi connectivity index (χ4n) is 4.55. The summed E-state index contributed by atoms with van der Waals surface area (Å²) >= 11 is 3.48. The van der Waals surface area contributed by atoms with Crippen LogP contribution in [-0.4, -0.2) is 27.9 Å². The number of ether oxygens (including phenoxy) is 2. The molecule has 0 N–H and O–H groups in total. The first kappa shape index (κ1) is 22.2. The molecule has 1 heterocycles. The van der Waals surface area contributed by atoms with Crippen molar-refractivity contribution in [3.8, 4) is 0 Å². The zero-order valence-corrected chi connectivity index (χ0v) is 20.6. The quantitative estimate of drug-likeness (QED) is 0.305. The lowest BCUT2D eigenvalue weighted by Gasteiger charge is -2.38. The number of methoxy groups -OCH3 is 1. The van der Waals surface area contributed by atoms with E-state index in [4.69, 9.17) is 9.47 Å².